The SMILES string of the molecule is CCc1cc(NC(=O)c2ncc(-c3ccc(OC)cc3Cl)n2C)ccc1C(=O)NCCOCCN.Cl. The Labute approximate surface area is 221 Å². The van der Waals surface area contributed by atoms with Crippen LogP contribution in [0.1, 0.15) is 33.5 Å². The van der Waals surface area contributed by atoms with Gasteiger partial charge in [-0.25, -0.2) is 4.98 Å². The van der Waals surface area contributed by atoms with Crippen LogP contribution in [0.3, 0.4) is 0 Å². The van der Waals surface area contributed by atoms with E-state index < -0.39 is 0 Å². The zero-order chi connectivity index (χ0) is 25.4. The third-order valence-electron chi connectivity index (χ3n) is 5.43. The number of methoxy groups -OCH3 is 1. The van der Waals surface area contributed by atoms with Crippen molar-refractivity contribution in [2.24, 2.45) is 12.8 Å². The zero-order valence-electron chi connectivity index (χ0n) is 20.5. The van der Waals surface area contributed by atoms with Crippen molar-refractivity contribution in [3.05, 3.63) is 64.6 Å². The summed E-state index contributed by atoms with van der Waals surface area (Å²) in [5.41, 5.74) is 8.75. The van der Waals surface area contributed by atoms with Crippen molar-refractivity contribution in [2.75, 3.05) is 38.7 Å². The lowest BCUT2D eigenvalue weighted by molar-refractivity contribution is 0.0918. The quantitative estimate of drug-likeness (QED) is 0.322. The van der Waals surface area contributed by atoms with Crippen LogP contribution in [-0.4, -0.2) is 54.8 Å². The summed E-state index contributed by atoms with van der Waals surface area (Å²) in [4.78, 5) is 29.8. The normalized spacial score (nSPS) is 10.5. The van der Waals surface area contributed by atoms with Gasteiger partial charge in [-0.2, -0.15) is 0 Å². The third-order valence-corrected chi connectivity index (χ3v) is 5.74. The van der Waals surface area contributed by atoms with Gasteiger partial charge in [0.25, 0.3) is 11.8 Å². The van der Waals surface area contributed by atoms with Crippen LogP contribution in [0, 0.1) is 0 Å². The van der Waals surface area contributed by atoms with Crippen LogP contribution in [0.2, 0.25) is 5.02 Å². The number of halogens is 2. The van der Waals surface area contributed by atoms with Gasteiger partial charge in [-0.1, -0.05) is 18.5 Å². The molecule has 0 radical (unpaired) electrons. The molecule has 0 aliphatic carbocycles. The molecule has 0 aliphatic heterocycles. The largest absolute Gasteiger partial charge is 0.497 e. The number of imidazole rings is 1. The number of ether oxygens (including phenoxy) is 2. The lowest BCUT2D eigenvalue weighted by atomic mass is 10.0. The van der Waals surface area contributed by atoms with E-state index in [4.69, 9.17) is 26.8 Å². The lowest BCUT2D eigenvalue weighted by Gasteiger charge is -2.12. The average molecular weight is 536 g/mol. The lowest BCUT2D eigenvalue weighted by Crippen LogP contribution is -2.28. The minimum Gasteiger partial charge on any atom is -0.497 e. The summed E-state index contributed by atoms with van der Waals surface area (Å²) >= 11 is 6.39. The Morgan fingerprint density at radius 2 is 1.92 bits per heavy atom. The second-order valence-electron chi connectivity index (χ2n) is 7.71. The van der Waals surface area contributed by atoms with Gasteiger partial charge in [0, 0.05) is 37.0 Å². The van der Waals surface area contributed by atoms with Gasteiger partial charge < -0.3 is 30.4 Å². The Bertz CT molecular complexity index is 1200. The number of nitrogens with one attached hydrogen (secondary N) is 2. The summed E-state index contributed by atoms with van der Waals surface area (Å²) in [6.07, 6.45) is 2.23. The van der Waals surface area contributed by atoms with Crippen molar-refractivity contribution in [1.82, 2.24) is 14.9 Å². The number of carbonyl (C=O) groups excluding carboxylic acids is 2. The molecule has 0 saturated carbocycles. The standard InChI is InChI=1S/C25H30ClN5O4.ClH/c1-4-16-13-17(5-7-19(16)24(32)28-10-12-35-11-9-27)30-25(33)23-29-15-22(31(23)2)20-8-6-18(34-3)14-21(20)26;/h5-8,13-15H,4,9-12,27H2,1-3H3,(H,28,32)(H,30,33);1H. The fraction of sp³-hybridized carbons (Fsp3) is 0.320. The molecule has 4 N–H and O–H groups in total. The summed E-state index contributed by atoms with van der Waals surface area (Å²) in [6.45, 7) is 3.63. The smallest absolute Gasteiger partial charge is 0.291 e. The Kier molecular flexibility index (Phi) is 11.2. The highest BCUT2D eigenvalue weighted by molar-refractivity contribution is 6.33. The molecule has 3 aromatic rings. The summed E-state index contributed by atoms with van der Waals surface area (Å²) in [5.74, 6) is 0.299. The predicted octanol–water partition coefficient (Wildman–Crippen LogP) is 3.69. The second kappa shape index (κ2) is 13.8. The maximum atomic E-state index is 13.0. The number of rotatable bonds is 11. The van der Waals surface area contributed by atoms with Crippen LogP contribution in [0.15, 0.2) is 42.6 Å². The number of aryl methyl sites for hydroxylation is 1. The molecular weight excluding hydrogens is 505 g/mol. The molecule has 1 aromatic heterocycles. The van der Waals surface area contributed by atoms with Crippen molar-refractivity contribution in [1.29, 1.82) is 0 Å². The van der Waals surface area contributed by atoms with Crippen LogP contribution in [0.4, 0.5) is 5.69 Å². The van der Waals surface area contributed by atoms with Crippen molar-refractivity contribution in [2.45, 2.75) is 13.3 Å². The molecule has 0 saturated heterocycles. The number of carbonyl (C=O) groups is 2. The monoisotopic (exact) mass is 535 g/mol. The van der Waals surface area contributed by atoms with E-state index in [1.165, 1.54) is 0 Å². The van der Waals surface area contributed by atoms with E-state index in [9.17, 15) is 9.59 Å². The van der Waals surface area contributed by atoms with Gasteiger partial charge in [0.2, 0.25) is 0 Å². The zero-order valence-corrected chi connectivity index (χ0v) is 22.0. The number of anilines is 1. The van der Waals surface area contributed by atoms with E-state index in [0.717, 1.165) is 11.1 Å². The van der Waals surface area contributed by atoms with Crippen molar-refractivity contribution < 1.29 is 19.1 Å². The Hall–Kier alpha value is -3.11. The molecule has 0 unspecified atom stereocenters. The number of nitrogens with two attached hydrogens (primary N) is 1. The molecule has 0 bridgehead atoms. The van der Waals surface area contributed by atoms with E-state index in [1.807, 2.05) is 13.0 Å². The first-order valence-corrected chi connectivity index (χ1v) is 11.6. The molecule has 9 nitrogen and oxygen atoms in total. The summed E-state index contributed by atoms with van der Waals surface area (Å²) < 4.78 is 12.2. The van der Waals surface area contributed by atoms with E-state index in [2.05, 4.69) is 15.6 Å². The van der Waals surface area contributed by atoms with Crippen LogP contribution >= 0.6 is 24.0 Å². The van der Waals surface area contributed by atoms with Crippen molar-refractivity contribution in [3.63, 3.8) is 0 Å². The van der Waals surface area contributed by atoms with E-state index in [1.54, 1.807) is 55.3 Å². The molecule has 0 atom stereocenters. The fourth-order valence-corrected chi connectivity index (χ4v) is 3.86. The summed E-state index contributed by atoms with van der Waals surface area (Å²) in [5, 5.41) is 6.19. The molecule has 2 amide bonds. The van der Waals surface area contributed by atoms with Crippen LogP contribution in [0.25, 0.3) is 11.3 Å². The molecule has 11 heteroatoms. The number of benzene rings is 2. The first kappa shape index (κ1) is 29.1. The van der Waals surface area contributed by atoms with Gasteiger partial charge >= 0.3 is 0 Å². The molecule has 36 heavy (non-hydrogen) atoms. The van der Waals surface area contributed by atoms with Crippen LogP contribution in [-0.2, 0) is 18.2 Å². The Balaban J connectivity index is 0.00000456. The molecule has 3 rings (SSSR count). The number of hydrogen-bond acceptors (Lipinski definition) is 6. The van der Waals surface area contributed by atoms with Gasteiger partial charge in [0.15, 0.2) is 5.82 Å². The minimum atomic E-state index is -0.375. The molecule has 1 heterocycles. The first-order valence-electron chi connectivity index (χ1n) is 11.3. The summed E-state index contributed by atoms with van der Waals surface area (Å²) in [7, 11) is 3.32. The highest BCUT2D eigenvalue weighted by Gasteiger charge is 2.18. The molecule has 2 aromatic carbocycles. The molecule has 194 valence electrons. The number of nitrogens with zero attached hydrogens (tertiary/aromatic N) is 2. The highest BCUT2D eigenvalue weighted by atomic mass is 35.5. The number of aromatic nitrogens is 2. The first-order chi connectivity index (χ1) is 16.9. The maximum Gasteiger partial charge on any atom is 0.291 e. The molecule has 0 fully saturated rings. The van der Waals surface area contributed by atoms with Gasteiger partial charge in [-0.15, -0.1) is 12.4 Å². The van der Waals surface area contributed by atoms with Gasteiger partial charge in [-0.05, 0) is 48.4 Å². The number of hydrogen-bond donors (Lipinski definition) is 3. The van der Waals surface area contributed by atoms with Gasteiger partial charge in [0.1, 0.15) is 5.75 Å². The van der Waals surface area contributed by atoms with Crippen molar-refractivity contribution >= 4 is 41.5 Å². The second-order valence-corrected chi connectivity index (χ2v) is 8.12. The third kappa shape index (κ3) is 6.98. The van der Waals surface area contributed by atoms with Crippen LogP contribution < -0.4 is 21.1 Å². The number of amides is 2. The highest BCUT2D eigenvalue weighted by Crippen LogP contribution is 2.31. The van der Waals surface area contributed by atoms with E-state index in [0.29, 0.717) is 60.4 Å². The minimum absolute atomic E-state index is 0. The topological polar surface area (TPSA) is 120 Å². The Morgan fingerprint density at radius 3 is 2.58 bits per heavy atom. The van der Waals surface area contributed by atoms with Crippen molar-refractivity contribution in [3.8, 4) is 17.0 Å². The molecule has 0 spiro atoms. The average Bonchev–Trinajstić information content (AvgIpc) is 3.24. The maximum absolute atomic E-state index is 13.0. The summed E-state index contributed by atoms with van der Waals surface area (Å²) in [6, 6.07) is 10.5. The predicted molar refractivity (Wildman–Crippen MR) is 143 cm³/mol. The molecular formula is C25H31Cl2N5O4. The van der Waals surface area contributed by atoms with Gasteiger partial charge in [0.05, 0.1) is 37.2 Å². The fourth-order valence-electron chi connectivity index (χ4n) is 3.59. The Morgan fingerprint density at radius 1 is 1.14 bits per heavy atom. The van der Waals surface area contributed by atoms with Gasteiger partial charge in [-0.3, -0.25) is 9.59 Å². The van der Waals surface area contributed by atoms with Crippen LogP contribution in [0.5, 0.6) is 5.75 Å². The molecule has 0 aliphatic rings. The van der Waals surface area contributed by atoms with E-state index in [-0.39, 0.29) is 30.0 Å². The van der Waals surface area contributed by atoms with E-state index >= 15 is 0 Å².